The van der Waals surface area contributed by atoms with Crippen LogP contribution < -0.4 is 0 Å². The zero-order valence-electron chi connectivity index (χ0n) is 15.2. The number of para-hydroxylation sites is 3. The number of H-pyrrole nitrogens is 1. The summed E-state index contributed by atoms with van der Waals surface area (Å²) in [6.45, 7) is 0. The van der Waals surface area contributed by atoms with Crippen LogP contribution in [0.1, 0.15) is 0 Å². The lowest BCUT2D eigenvalue weighted by Gasteiger charge is -2.06. The predicted molar refractivity (Wildman–Crippen MR) is 115 cm³/mol. The van der Waals surface area contributed by atoms with Gasteiger partial charge in [0.15, 0.2) is 5.58 Å². The van der Waals surface area contributed by atoms with Crippen LogP contribution in [0.4, 0.5) is 5.69 Å². The fourth-order valence-corrected chi connectivity index (χ4v) is 4.27. The third kappa shape index (κ3) is 2.15. The van der Waals surface area contributed by atoms with Gasteiger partial charge < -0.3 is 9.40 Å². The molecule has 6 rings (SSSR count). The van der Waals surface area contributed by atoms with E-state index in [0.29, 0.717) is 11.1 Å². The number of aromatic nitrogens is 1. The molecule has 0 unspecified atom stereocenters. The summed E-state index contributed by atoms with van der Waals surface area (Å²) in [6.07, 6.45) is 0. The summed E-state index contributed by atoms with van der Waals surface area (Å²) in [5.74, 6) is 0. The number of hydrogen-bond donors (Lipinski definition) is 1. The van der Waals surface area contributed by atoms with Crippen molar-refractivity contribution in [2.75, 3.05) is 0 Å². The quantitative estimate of drug-likeness (QED) is 0.266. The van der Waals surface area contributed by atoms with E-state index in [9.17, 15) is 10.1 Å². The average Bonchev–Trinajstić information content (AvgIpc) is 3.32. The number of rotatable bonds is 2. The van der Waals surface area contributed by atoms with Crippen molar-refractivity contribution in [2.24, 2.45) is 0 Å². The van der Waals surface area contributed by atoms with Crippen molar-refractivity contribution in [3.05, 3.63) is 89.0 Å². The molecule has 29 heavy (non-hydrogen) atoms. The first kappa shape index (κ1) is 15.9. The molecule has 0 aliphatic heterocycles. The lowest BCUT2D eigenvalue weighted by molar-refractivity contribution is -0.384. The van der Waals surface area contributed by atoms with E-state index in [-0.39, 0.29) is 10.6 Å². The van der Waals surface area contributed by atoms with Gasteiger partial charge in [0.25, 0.3) is 5.69 Å². The monoisotopic (exact) mass is 378 g/mol. The lowest BCUT2D eigenvalue weighted by atomic mass is 9.95. The Morgan fingerprint density at radius 3 is 2.38 bits per heavy atom. The number of nitrogens with zero attached hydrogens (tertiary/aromatic N) is 1. The molecule has 2 heterocycles. The Hall–Kier alpha value is -4.12. The van der Waals surface area contributed by atoms with Crippen molar-refractivity contribution in [1.29, 1.82) is 0 Å². The van der Waals surface area contributed by atoms with Crippen LogP contribution in [-0.4, -0.2) is 9.91 Å². The second kappa shape index (κ2) is 5.69. The summed E-state index contributed by atoms with van der Waals surface area (Å²) < 4.78 is 6.26. The molecule has 6 aromatic rings. The van der Waals surface area contributed by atoms with E-state index < -0.39 is 0 Å². The van der Waals surface area contributed by atoms with E-state index in [1.54, 1.807) is 18.2 Å². The molecule has 0 radical (unpaired) electrons. The number of aromatic amines is 1. The molecule has 0 bridgehead atoms. The first-order valence-electron chi connectivity index (χ1n) is 9.31. The maximum atomic E-state index is 11.7. The Morgan fingerprint density at radius 2 is 1.52 bits per heavy atom. The second-order valence-electron chi connectivity index (χ2n) is 7.09. The van der Waals surface area contributed by atoms with Crippen LogP contribution in [0.5, 0.6) is 0 Å². The van der Waals surface area contributed by atoms with Crippen LogP contribution in [0.2, 0.25) is 0 Å². The van der Waals surface area contributed by atoms with E-state index in [2.05, 4.69) is 4.98 Å². The van der Waals surface area contributed by atoms with E-state index in [0.717, 1.165) is 43.7 Å². The molecule has 0 atom stereocenters. The summed E-state index contributed by atoms with van der Waals surface area (Å²) in [5.41, 5.74) is 4.85. The number of nitro groups is 1. The molecular formula is C24H14N2O3. The molecule has 5 heteroatoms. The van der Waals surface area contributed by atoms with Crippen LogP contribution in [0.15, 0.2) is 83.3 Å². The highest BCUT2D eigenvalue weighted by Crippen LogP contribution is 2.44. The number of benzene rings is 4. The molecule has 0 saturated carbocycles. The minimum absolute atomic E-state index is 0.0817. The molecule has 0 aliphatic carbocycles. The normalized spacial score (nSPS) is 11.7. The van der Waals surface area contributed by atoms with Gasteiger partial charge in [0.2, 0.25) is 0 Å². The van der Waals surface area contributed by atoms with Crippen molar-refractivity contribution in [3.63, 3.8) is 0 Å². The molecule has 4 aromatic carbocycles. The van der Waals surface area contributed by atoms with Gasteiger partial charge in [-0.15, -0.1) is 0 Å². The summed E-state index contributed by atoms with van der Waals surface area (Å²) in [4.78, 5) is 14.9. The number of furan rings is 1. The minimum atomic E-state index is -0.330. The van der Waals surface area contributed by atoms with Crippen LogP contribution in [-0.2, 0) is 0 Å². The van der Waals surface area contributed by atoms with Crippen LogP contribution >= 0.6 is 0 Å². The fraction of sp³-hybridized carbons (Fsp3) is 0. The molecule has 0 saturated heterocycles. The van der Waals surface area contributed by atoms with Crippen LogP contribution in [0, 0.1) is 10.1 Å². The average molecular weight is 378 g/mol. The maximum absolute atomic E-state index is 11.7. The summed E-state index contributed by atoms with van der Waals surface area (Å²) >= 11 is 0. The molecule has 0 spiro atoms. The number of nitro benzene ring substituents is 1. The minimum Gasteiger partial charge on any atom is -0.454 e. The summed E-state index contributed by atoms with van der Waals surface area (Å²) in [5, 5.41) is 15.6. The Bertz CT molecular complexity index is 1590. The van der Waals surface area contributed by atoms with Gasteiger partial charge in [-0.1, -0.05) is 48.5 Å². The number of hydrogen-bond acceptors (Lipinski definition) is 3. The number of nitrogens with one attached hydrogen (secondary N) is 1. The largest absolute Gasteiger partial charge is 0.454 e. The highest BCUT2D eigenvalue weighted by atomic mass is 16.6. The third-order valence-electron chi connectivity index (χ3n) is 5.52. The smallest absolute Gasteiger partial charge is 0.277 e. The first-order valence-corrected chi connectivity index (χ1v) is 9.31. The second-order valence-corrected chi connectivity index (χ2v) is 7.09. The highest BCUT2D eigenvalue weighted by molar-refractivity contribution is 6.25. The van der Waals surface area contributed by atoms with Crippen LogP contribution in [0.25, 0.3) is 54.9 Å². The molecular weight excluding hydrogens is 364 g/mol. The van der Waals surface area contributed by atoms with Gasteiger partial charge in [-0.3, -0.25) is 10.1 Å². The van der Waals surface area contributed by atoms with Gasteiger partial charge in [0.05, 0.1) is 16.0 Å². The third-order valence-corrected chi connectivity index (χ3v) is 5.52. The zero-order valence-corrected chi connectivity index (χ0v) is 15.2. The lowest BCUT2D eigenvalue weighted by Crippen LogP contribution is -1.92. The molecule has 138 valence electrons. The van der Waals surface area contributed by atoms with Gasteiger partial charge in [-0.05, 0) is 24.3 Å². The summed E-state index contributed by atoms with van der Waals surface area (Å²) in [7, 11) is 0. The maximum Gasteiger partial charge on any atom is 0.277 e. The molecule has 0 amide bonds. The van der Waals surface area contributed by atoms with E-state index in [1.165, 1.54) is 0 Å². The Labute approximate surface area is 164 Å². The fourth-order valence-electron chi connectivity index (χ4n) is 4.27. The topological polar surface area (TPSA) is 72.1 Å². The first-order chi connectivity index (χ1) is 14.2. The van der Waals surface area contributed by atoms with E-state index >= 15 is 0 Å². The van der Waals surface area contributed by atoms with Crippen molar-refractivity contribution >= 4 is 49.4 Å². The highest BCUT2D eigenvalue weighted by Gasteiger charge is 2.22. The van der Waals surface area contributed by atoms with Gasteiger partial charge in [0, 0.05) is 38.7 Å². The van der Waals surface area contributed by atoms with Crippen molar-refractivity contribution in [3.8, 4) is 11.1 Å². The molecule has 5 nitrogen and oxygen atoms in total. The van der Waals surface area contributed by atoms with E-state index in [1.807, 2.05) is 60.7 Å². The van der Waals surface area contributed by atoms with Gasteiger partial charge in [0.1, 0.15) is 5.58 Å². The summed E-state index contributed by atoms with van der Waals surface area (Å²) in [6, 6.07) is 24.7. The van der Waals surface area contributed by atoms with Crippen molar-refractivity contribution < 1.29 is 9.34 Å². The van der Waals surface area contributed by atoms with Crippen LogP contribution in [0.3, 0.4) is 0 Å². The zero-order chi connectivity index (χ0) is 19.5. The van der Waals surface area contributed by atoms with Gasteiger partial charge in [-0.25, -0.2) is 0 Å². The molecule has 0 aliphatic rings. The Morgan fingerprint density at radius 1 is 0.793 bits per heavy atom. The molecule has 1 N–H and O–H groups in total. The Kier molecular flexibility index (Phi) is 3.12. The standard InChI is InChI=1S/C24H14N2O3/c27-26(28)20-11-5-2-8-15(20)17-13-18-14-7-1-4-10-19(14)25-23(18)24-22(17)16-9-3-6-12-21(16)29-24/h1-13,25H. The molecule has 2 aromatic heterocycles. The predicted octanol–water partition coefficient (Wildman–Crippen LogP) is 6.80. The van der Waals surface area contributed by atoms with Crippen molar-refractivity contribution in [1.82, 2.24) is 4.98 Å². The van der Waals surface area contributed by atoms with Crippen molar-refractivity contribution in [2.45, 2.75) is 0 Å². The number of fused-ring (bicyclic) bond motifs is 7. The Balaban J connectivity index is 1.89. The van der Waals surface area contributed by atoms with Gasteiger partial charge in [-0.2, -0.15) is 0 Å². The SMILES string of the molecule is O=[N+]([O-])c1ccccc1-c1cc2c3ccccc3[nH]c2c2oc3ccccc3c12. The van der Waals surface area contributed by atoms with E-state index in [4.69, 9.17) is 4.42 Å². The molecule has 0 fully saturated rings. The van der Waals surface area contributed by atoms with Gasteiger partial charge >= 0.3 is 0 Å².